The first-order chi connectivity index (χ1) is 12.0. The van der Waals surface area contributed by atoms with E-state index in [0.29, 0.717) is 6.42 Å². The molecule has 0 radical (unpaired) electrons. The molecule has 0 fully saturated rings. The molecule has 0 saturated carbocycles. The summed E-state index contributed by atoms with van der Waals surface area (Å²) in [7, 11) is -4.48. The van der Waals surface area contributed by atoms with Crippen LogP contribution in [0, 0.1) is 0 Å². The molecule has 1 atom stereocenters. The summed E-state index contributed by atoms with van der Waals surface area (Å²) >= 11 is 0. The molecule has 4 nitrogen and oxygen atoms in total. The number of fused-ring (bicyclic) bond motifs is 2. The molecule has 25 heavy (non-hydrogen) atoms. The predicted molar refractivity (Wildman–Crippen MR) is 98.5 cm³/mol. The topological polar surface area (TPSA) is 63.6 Å². The number of hydrogen-bond acceptors (Lipinski definition) is 3. The Balaban J connectivity index is 1.87. The summed E-state index contributed by atoms with van der Waals surface area (Å²) in [6, 6.07) is 16.7. The highest BCUT2D eigenvalue weighted by atomic mass is 32.3. The van der Waals surface area contributed by atoms with Crippen molar-refractivity contribution in [3.05, 3.63) is 59.7 Å². The van der Waals surface area contributed by atoms with Crippen molar-refractivity contribution in [1.29, 1.82) is 0 Å². The van der Waals surface area contributed by atoms with Crippen LogP contribution in [0.15, 0.2) is 48.5 Å². The second-order valence-electron chi connectivity index (χ2n) is 6.71. The van der Waals surface area contributed by atoms with Gasteiger partial charge in [-0.2, -0.15) is 8.42 Å². The third-order valence-corrected chi connectivity index (χ3v) is 5.75. The monoisotopic (exact) mass is 352 g/mol. The average Bonchev–Trinajstić information content (AvgIpc) is 2.58. The quantitative estimate of drug-likeness (QED) is 0.416. The summed E-state index contributed by atoms with van der Waals surface area (Å²) in [5.41, 5.74) is 2.00. The summed E-state index contributed by atoms with van der Waals surface area (Å²) in [5, 5.41) is 7.11. The van der Waals surface area contributed by atoms with Crippen LogP contribution in [-0.4, -0.2) is 13.0 Å². The zero-order valence-electron chi connectivity index (χ0n) is 13.4. The number of hydrogen-bond donors (Lipinski definition) is 1. The third-order valence-electron chi connectivity index (χ3n) is 5.27. The summed E-state index contributed by atoms with van der Waals surface area (Å²) < 4.78 is 36.5. The SMILES string of the molecule is O=S(=O)(O)OC1CCCc2c1cc1ccc3cccc4ccc2c1c34. The Hall–Kier alpha value is -2.21. The van der Waals surface area contributed by atoms with Gasteiger partial charge in [-0.25, -0.2) is 4.18 Å². The summed E-state index contributed by atoms with van der Waals surface area (Å²) in [6.45, 7) is 0. The van der Waals surface area contributed by atoms with Crippen LogP contribution < -0.4 is 0 Å². The van der Waals surface area contributed by atoms with Crippen LogP contribution in [0.5, 0.6) is 0 Å². The lowest BCUT2D eigenvalue weighted by molar-refractivity contribution is 0.166. The van der Waals surface area contributed by atoms with Gasteiger partial charge in [0.05, 0.1) is 0 Å². The van der Waals surface area contributed by atoms with E-state index in [4.69, 9.17) is 8.74 Å². The average molecular weight is 352 g/mol. The van der Waals surface area contributed by atoms with Crippen molar-refractivity contribution in [2.45, 2.75) is 25.4 Å². The Morgan fingerprint density at radius 3 is 2.44 bits per heavy atom. The minimum absolute atomic E-state index is 0.584. The van der Waals surface area contributed by atoms with Crippen molar-refractivity contribution in [1.82, 2.24) is 0 Å². The molecule has 0 amide bonds. The highest BCUT2D eigenvalue weighted by Gasteiger charge is 2.27. The molecule has 4 aromatic carbocycles. The molecule has 1 aliphatic rings. The van der Waals surface area contributed by atoms with Crippen LogP contribution in [-0.2, 0) is 21.0 Å². The third kappa shape index (κ3) is 2.31. The lowest BCUT2D eigenvalue weighted by atomic mass is 9.82. The minimum atomic E-state index is -4.48. The first-order valence-electron chi connectivity index (χ1n) is 8.36. The van der Waals surface area contributed by atoms with Gasteiger partial charge in [-0.1, -0.05) is 42.5 Å². The maximum absolute atomic E-state index is 11.2. The zero-order chi connectivity index (χ0) is 17.2. The van der Waals surface area contributed by atoms with Gasteiger partial charge >= 0.3 is 10.4 Å². The molecular weight excluding hydrogens is 336 g/mol. The van der Waals surface area contributed by atoms with Crippen molar-refractivity contribution < 1.29 is 17.2 Å². The smallest absolute Gasteiger partial charge is 0.264 e. The first-order valence-corrected chi connectivity index (χ1v) is 9.73. The second kappa shape index (κ2) is 5.14. The predicted octanol–water partition coefficient (Wildman–Crippen LogP) is 4.78. The van der Waals surface area contributed by atoms with E-state index in [1.807, 2.05) is 6.07 Å². The van der Waals surface area contributed by atoms with E-state index in [-0.39, 0.29) is 0 Å². The standard InChI is InChI=1S/C20H16O4S/c21-25(22,23)24-18-6-2-5-15-16-10-9-13-4-1-3-12-7-8-14(11-17(15)18)20(16)19(12)13/h1,3-4,7-11,18H,2,5-6H2,(H,21,22,23). The molecule has 0 spiro atoms. The number of rotatable bonds is 2. The van der Waals surface area contributed by atoms with E-state index >= 15 is 0 Å². The number of benzene rings is 4. The lowest BCUT2D eigenvalue weighted by Gasteiger charge is -2.26. The van der Waals surface area contributed by atoms with Gasteiger partial charge < -0.3 is 0 Å². The molecule has 1 N–H and O–H groups in total. The first kappa shape index (κ1) is 15.1. The van der Waals surface area contributed by atoms with Crippen molar-refractivity contribution in [3.63, 3.8) is 0 Å². The van der Waals surface area contributed by atoms with Gasteiger partial charge in [0.15, 0.2) is 0 Å². The molecule has 1 aliphatic carbocycles. The van der Waals surface area contributed by atoms with Crippen LogP contribution in [0.1, 0.15) is 30.1 Å². The molecule has 5 rings (SSSR count). The molecule has 0 aliphatic heterocycles. The van der Waals surface area contributed by atoms with Gasteiger partial charge in [0.1, 0.15) is 6.10 Å². The van der Waals surface area contributed by atoms with Gasteiger partial charge in [0.25, 0.3) is 0 Å². The van der Waals surface area contributed by atoms with E-state index in [1.54, 1.807) is 0 Å². The van der Waals surface area contributed by atoms with Crippen molar-refractivity contribution >= 4 is 42.7 Å². The Morgan fingerprint density at radius 2 is 1.68 bits per heavy atom. The molecule has 1 unspecified atom stereocenters. The van der Waals surface area contributed by atoms with Crippen LogP contribution >= 0.6 is 0 Å². The molecule has 4 aromatic rings. The lowest BCUT2D eigenvalue weighted by Crippen LogP contribution is -2.17. The zero-order valence-corrected chi connectivity index (χ0v) is 14.2. The van der Waals surface area contributed by atoms with E-state index in [2.05, 4.69) is 42.5 Å². The molecule has 0 aromatic heterocycles. The van der Waals surface area contributed by atoms with Gasteiger partial charge in [-0.3, -0.25) is 4.55 Å². The normalized spacial score (nSPS) is 18.2. The van der Waals surface area contributed by atoms with Crippen molar-refractivity contribution in [2.24, 2.45) is 0 Å². The van der Waals surface area contributed by atoms with E-state index in [1.165, 1.54) is 21.5 Å². The van der Waals surface area contributed by atoms with Crippen LogP contribution in [0.3, 0.4) is 0 Å². The van der Waals surface area contributed by atoms with E-state index < -0.39 is 16.5 Å². The fourth-order valence-electron chi connectivity index (χ4n) is 4.32. The molecule has 126 valence electrons. The highest BCUT2D eigenvalue weighted by Crippen LogP contribution is 2.43. The fraction of sp³-hybridized carbons (Fsp3) is 0.200. The second-order valence-corrected chi connectivity index (χ2v) is 7.75. The molecule has 0 saturated heterocycles. The van der Waals surface area contributed by atoms with Gasteiger partial charge in [0.2, 0.25) is 0 Å². The molecular formula is C20H16O4S. The minimum Gasteiger partial charge on any atom is -0.264 e. The van der Waals surface area contributed by atoms with Gasteiger partial charge in [0, 0.05) is 0 Å². The molecule has 5 heteroatoms. The van der Waals surface area contributed by atoms with Gasteiger partial charge in [-0.05, 0) is 68.8 Å². The maximum atomic E-state index is 11.2. The summed E-state index contributed by atoms with van der Waals surface area (Å²) in [6.07, 6.45) is 1.67. The number of aryl methyl sites for hydroxylation is 1. The van der Waals surface area contributed by atoms with E-state index in [0.717, 1.165) is 34.7 Å². The Kier molecular flexibility index (Phi) is 3.10. The Morgan fingerprint density at radius 1 is 0.960 bits per heavy atom. The summed E-state index contributed by atoms with van der Waals surface area (Å²) in [5.74, 6) is 0. The summed E-state index contributed by atoms with van der Waals surface area (Å²) in [4.78, 5) is 0. The van der Waals surface area contributed by atoms with Crippen LogP contribution in [0.4, 0.5) is 0 Å². The van der Waals surface area contributed by atoms with Gasteiger partial charge in [-0.15, -0.1) is 0 Å². The molecule has 0 heterocycles. The largest absolute Gasteiger partial charge is 0.397 e. The molecule has 0 bridgehead atoms. The fourth-order valence-corrected chi connectivity index (χ4v) is 4.82. The van der Waals surface area contributed by atoms with Crippen molar-refractivity contribution in [2.75, 3.05) is 0 Å². The van der Waals surface area contributed by atoms with Crippen molar-refractivity contribution in [3.8, 4) is 0 Å². The Labute approximate surface area is 145 Å². The van der Waals surface area contributed by atoms with E-state index in [9.17, 15) is 8.42 Å². The maximum Gasteiger partial charge on any atom is 0.397 e. The van der Waals surface area contributed by atoms with Crippen LogP contribution in [0.2, 0.25) is 0 Å². The van der Waals surface area contributed by atoms with Crippen LogP contribution in [0.25, 0.3) is 32.3 Å². The highest BCUT2D eigenvalue weighted by molar-refractivity contribution is 7.80. The Bertz CT molecular complexity index is 1210.